The first-order chi connectivity index (χ1) is 13.6. The minimum atomic E-state index is -1.10. The molecule has 0 spiro atoms. The molecule has 5 heteroatoms. The molecule has 0 unspecified atom stereocenters. The number of benzene rings is 3. The van der Waals surface area contributed by atoms with Crippen LogP contribution in [0.4, 0.5) is 5.69 Å². The average molecular weight is 373 g/mol. The summed E-state index contributed by atoms with van der Waals surface area (Å²) < 4.78 is 5.15. The Hall–Kier alpha value is -3.86. The van der Waals surface area contributed by atoms with Crippen LogP contribution in [0, 0.1) is 0 Å². The summed E-state index contributed by atoms with van der Waals surface area (Å²) in [5.74, 6) is -0.839. The predicted molar refractivity (Wildman–Crippen MR) is 109 cm³/mol. The molecule has 0 heterocycles. The summed E-state index contributed by atoms with van der Waals surface area (Å²) in [6.07, 6.45) is 2.99. The minimum absolute atomic E-state index is 0.0304. The summed E-state index contributed by atoms with van der Waals surface area (Å²) in [5.41, 5.74) is 2.82. The number of hydrogen-bond donors (Lipinski definition) is 2. The molecule has 3 rings (SSSR count). The number of carbonyl (C=O) groups is 2. The first-order valence-corrected chi connectivity index (χ1v) is 8.62. The molecular formula is C23H19NO4. The number of carbonyl (C=O) groups excluding carboxylic acids is 1. The summed E-state index contributed by atoms with van der Waals surface area (Å²) in [6.45, 7) is 0. The van der Waals surface area contributed by atoms with Crippen molar-refractivity contribution < 1.29 is 19.4 Å². The Morgan fingerprint density at radius 2 is 1.71 bits per heavy atom. The zero-order chi connectivity index (χ0) is 19.9. The summed E-state index contributed by atoms with van der Waals surface area (Å²) >= 11 is 0. The molecule has 0 radical (unpaired) electrons. The molecule has 1 amide bonds. The molecule has 5 nitrogen and oxygen atoms in total. The molecular weight excluding hydrogens is 354 g/mol. The molecule has 28 heavy (non-hydrogen) atoms. The van der Waals surface area contributed by atoms with Gasteiger partial charge in [-0.1, -0.05) is 48.5 Å². The number of hydrogen-bond acceptors (Lipinski definition) is 3. The van der Waals surface area contributed by atoms with Crippen molar-refractivity contribution in [3.63, 3.8) is 0 Å². The second-order valence-electron chi connectivity index (χ2n) is 6.03. The van der Waals surface area contributed by atoms with Crippen LogP contribution in [-0.2, 0) is 4.79 Å². The smallest absolute Gasteiger partial charge is 0.337 e. The average Bonchev–Trinajstić information content (AvgIpc) is 2.73. The van der Waals surface area contributed by atoms with E-state index in [0.29, 0.717) is 5.75 Å². The Kier molecular flexibility index (Phi) is 5.87. The van der Waals surface area contributed by atoms with Gasteiger partial charge in [-0.05, 0) is 47.0 Å². The van der Waals surface area contributed by atoms with Gasteiger partial charge in [0, 0.05) is 6.08 Å². The van der Waals surface area contributed by atoms with Gasteiger partial charge in [0.05, 0.1) is 18.4 Å². The standard InChI is InChI=1S/C23H19NO4/c1-28-19-9-5-6-16(14-19)10-13-22(25)24-21-15-18(11-12-20(21)23(26)27)17-7-3-2-4-8-17/h2-15H,1H3,(H,24,25)(H,26,27). The van der Waals surface area contributed by atoms with E-state index >= 15 is 0 Å². The van der Waals surface area contributed by atoms with Crippen LogP contribution < -0.4 is 10.1 Å². The highest BCUT2D eigenvalue weighted by atomic mass is 16.5. The second kappa shape index (κ2) is 8.68. The maximum atomic E-state index is 12.3. The number of carboxylic acids is 1. The van der Waals surface area contributed by atoms with Crippen LogP contribution in [-0.4, -0.2) is 24.1 Å². The molecule has 0 bridgehead atoms. The van der Waals surface area contributed by atoms with E-state index in [1.54, 1.807) is 31.4 Å². The van der Waals surface area contributed by atoms with Gasteiger partial charge in [-0.15, -0.1) is 0 Å². The van der Waals surface area contributed by atoms with E-state index in [0.717, 1.165) is 16.7 Å². The van der Waals surface area contributed by atoms with Crippen LogP contribution in [0.25, 0.3) is 17.2 Å². The normalized spacial score (nSPS) is 10.6. The predicted octanol–water partition coefficient (Wildman–Crippen LogP) is 4.71. The Balaban J connectivity index is 1.84. The maximum absolute atomic E-state index is 12.3. The third kappa shape index (κ3) is 4.65. The third-order valence-electron chi connectivity index (χ3n) is 4.14. The molecule has 0 saturated heterocycles. The topological polar surface area (TPSA) is 75.6 Å². The highest BCUT2D eigenvalue weighted by Gasteiger charge is 2.13. The van der Waals surface area contributed by atoms with E-state index in [-0.39, 0.29) is 11.3 Å². The van der Waals surface area contributed by atoms with Gasteiger partial charge in [-0.25, -0.2) is 4.79 Å². The molecule has 0 atom stereocenters. The van der Waals surface area contributed by atoms with E-state index in [2.05, 4.69) is 5.32 Å². The number of anilines is 1. The Morgan fingerprint density at radius 3 is 2.43 bits per heavy atom. The molecule has 0 fully saturated rings. The lowest BCUT2D eigenvalue weighted by Gasteiger charge is -2.10. The van der Waals surface area contributed by atoms with Crippen molar-refractivity contribution in [2.24, 2.45) is 0 Å². The monoisotopic (exact) mass is 373 g/mol. The SMILES string of the molecule is COc1cccc(C=CC(=O)Nc2cc(-c3ccccc3)ccc2C(=O)O)c1. The van der Waals surface area contributed by atoms with Crippen LogP contribution in [0.2, 0.25) is 0 Å². The van der Waals surface area contributed by atoms with Crippen LogP contribution in [0.5, 0.6) is 5.75 Å². The number of methoxy groups -OCH3 is 1. The van der Waals surface area contributed by atoms with Crippen molar-refractivity contribution in [2.45, 2.75) is 0 Å². The Morgan fingerprint density at radius 1 is 0.929 bits per heavy atom. The first-order valence-electron chi connectivity index (χ1n) is 8.62. The quantitative estimate of drug-likeness (QED) is 0.614. The molecule has 0 aromatic heterocycles. The van der Waals surface area contributed by atoms with Gasteiger partial charge >= 0.3 is 5.97 Å². The number of nitrogens with one attached hydrogen (secondary N) is 1. The highest BCUT2D eigenvalue weighted by Crippen LogP contribution is 2.26. The molecule has 0 aliphatic carbocycles. The summed E-state index contributed by atoms with van der Waals surface area (Å²) in [7, 11) is 1.57. The molecule has 0 saturated carbocycles. The van der Waals surface area contributed by atoms with Crippen LogP contribution in [0.15, 0.2) is 78.9 Å². The van der Waals surface area contributed by atoms with Gasteiger partial charge in [0.1, 0.15) is 5.75 Å². The zero-order valence-corrected chi connectivity index (χ0v) is 15.3. The molecule has 140 valence electrons. The molecule has 2 N–H and O–H groups in total. The number of carboxylic acid groups (broad SMARTS) is 1. The number of rotatable bonds is 6. The number of ether oxygens (including phenoxy) is 1. The molecule has 3 aromatic carbocycles. The minimum Gasteiger partial charge on any atom is -0.497 e. The van der Waals surface area contributed by atoms with Gasteiger partial charge in [0.2, 0.25) is 5.91 Å². The van der Waals surface area contributed by atoms with Gasteiger partial charge < -0.3 is 15.2 Å². The van der Waals surface area contributed by atoms with Gasteiger partial charge in [0.25, 0.3) is 0 Å². The van der Waals surface area contributed by atoms with Crippen LogP contribution in [0.1, 0.15) is 15.9 Å². The zero-order valence-electron chi connectivity index (χ0n) is 15.3. The third-order valence-corrected chi connectivity index (χ3v) is 4.14. The largest absolute Gasteiger partial charge is 0.497 e. The lowest BCUT2D eigenvalue weighted by molar-refractivity contribution is -0.111. The van der Waals surface area contributed by atoms with E-state index < -0.39 is 11.9 Å². The lowest BCUT2D eigenvalue weighted by atomic mass is 10.0. The number of aromatic carboxylic acids is 1. The molecule has 0 aliphatic rings. The van der Waals surface area contributed by atoms with E-state index in [1.807, 2.05) is 48.5 Å². The fourth-order valence-corrected chi connectivity index (χ4v) is 2.74. The maximum Gasteiger partial charge on any atom is 0.337 e. The summed E-state index contributed by atoms with van der Waals surface area (Å²) in [5, 5.41) is 12.1. The highest BCUT2D eigenvalue weighted by molar-refractivity contribution is 6.06. The fraction of sp³-hybridized carbons (Fsp3) is 0.0435. The van der Waals surface area contributed by atoms with Crippen molar-refractivity contribution in [2.75, 3.05) is 12.4 Å². The van der Waals surface area contributed by atoms with Gasteiger partial charge in [-0.2, -0.15) is 0 Å². The van der Waals surface area contributed by atoms with Crippen molar-refractivity contribution in [3.05, 3.63) is 90.0 Å². The van der Waals surface area contributed by atoms with Crippen molar-refractivity contribution in [1.29, 1.82) is 0 Å². The van der Waals surface area contributed by atoms with E-state index in [1.165, 1.54) is 12.1 Å². The van der Waals surface area contributed by atoms with E-state index in [4.69, 9.17) is 4.74 Å². The summed E-state index contributed by atoms with van der Waals surface area (Å²) in [4.78, 5) is 23.9. The van der Waals surface area contributed by atoms with Crippen LogP contribution >= 0.6 is 0 Å². The van der Waals surface area contributed by atoms with Gasteiger partial charge in [-0.3, -0.25) is 4.79 Å². The second-order valence-corrected chi connectivity index (χ2v) is 6.03. The lowest BCUT2D eigenvalue weighted by Crippen LogP contribution is -2.12. The van der Waals surface area contributed by atoms with Crippen LogP contribution in [0.3, 0.4) is 0 Å². The van der Waals surface area contributed by atoms with Crippen molar-refractivity contribution in [1.82, 2.24) is 0 Å². The Bertz CT molecular complexity index is 1030. The molecule has 0 aliphatic heterocycles. The van der Waals surface area contributed by atoms with Gasteiger partial charge in [0.15, 0.2) is 0 Å². The number of amides is 1. The van der Waals surface area contributed by atoms with E-state index in [9.17, 15) is 14.7 Å². The fourth-order valence-electron chi connectivity index (χ4n) is 2.74. The van der Waals surface area contributed by atoms with Crippen molar-refractivity contribution in [3.8, 4) is 16.9 Å². The first kappa shape index (κ1) is 18.9. The molecule has 3 aromatic rings. The summed E-state index contributed by atoms with van der Waals surface area (Å²) in [6, 6.07) is 21.7. The Labute approximate surface area is 162 Å². The van der Waals surface area contributed by atoms with Crippen molar-refractivity contribution >= 4 is 23.6 Å².